The predicted molar refractivity (Wildman–Crippen MR) is 150 cm³/mol. The summed E-state index contributed by atoms with van der Waals surface area (Å²) in [5, 5.41) is 11.7. The molecule has 40 heavy (non-hydrogen) atoms. The molecule has 1 spiro atoms. The number of ether oxygens (including phenoxy) is 2. The molecule has 1 saturated carbocycles. The highest BCUT2D eigenvalue weighted by atomic mass is 19.1. The van der Waals surface area contributed by atoms with Crippen LogP contribution in [0.4, 0.5) is 10.1 Å². The van der Waals surface area contributed by atoms with Crippen molar-refractivity contribution in [2.75, 3.05) is 18.0 Å². The van der Waals surface area contributed by atoms with Crippen molar-refractivity contribution in [2.45, 2.75) is 71.6 Å². The third kappa shape index (κ3) is 4.87. The van der Waals surface area contributed by atoms with Gasteiger partial charge in [-0.2, -0.15) is 5.10 Å². The highest BCUT2D eigenvalue weighted by Gasteiger charge is 2.54. The number of hydrogen-bond acceptors (Lipinski definition) is 7. The van der Waals surface area contributed by atoms with Crippen LogP contribution in [0, 0.1) is 5.41 Å². The molecule has 9 heteroatoms. The molecule has 2 fully saturated rings. The zero-order valence-corrected chi connectivity index (χ0v) is 23.5. The van der Waals surface area contributed by atoms with Gasteiger partial charge in [-0.3, -0.25) is 4.79 Å². The van der Waals surface area contributed by atoms with Crippen molar-refractivity contribution in [1.29, 1.82) is 0 Å². The summed E-state index contributed by atoms with van der Waals surface area (Å²) in [7, 11) is 0. The number of hydrogen-bond donors (Lipinski definition) is 1. The minimum Gasteiger partial charge on any atom is -0.490 e. The largest absolute Gasteiger partial charge is 0.490 e. The van der Waals surface area contributed by atoms with E-state index in [0.717, 1.165) is 50.5 Å². The molecule has 0 radical (unpaired) electrons. The van der Waals surface area contributed by atoms with Gasteiger partial charge < -0.3 is 24.6 Å². The van der Waals surface area contributed by atoms with E-state index in [9.17, 15) is 9.18 Å². The van der Waals surface area contributed by atoms with E-state index in [-0.39, 0.29) is 23.1 Å². The molecule has 1 aromatic heterocycles. The van der Waals surface area contributed by atoms with Crippen molar-refractivity contribution in [3.8, 4) is 17.4 Å². The van der Waals surface area contributed by atoms with Gasteiger partial charge in [0, 0.05) is 43.2 Å². The molecule has 8 nitrogen and oxygen atoms in total. The highest BCUT2D eigenvalue weighted by molar-refractivity contribution is 5.97. The number of carbonyl (C=O) groups is 1. The lowest BCUT2D eigenvalue weighted by atomic mass is 9.61. The molecule has 6 rings (SSSR count). The van der Waals surface area contributed by atoms with Crippen LogP contribution < -0.4 is 19.7 Å². The number of aromatic nitrogens is 2. The normalized spacial score (nSPS) is 17.8. The Hall–Kier alpha value is -3.72. The van der Waals surface area contributed by atoms with E-state index in [4.69, 9.17) is 9.47 Å². The number of fused-ring (bicyclic) bond motifs is 1. The first kappa shape index (κ1) is 26.5. The Morgan fingerprint density at radius 2 is 1.85 bits per heavy atom. The van der Waals surface area contributed by atoms with E-state index >= 15 is 0 Å². The quantitative estimate of drug-likeness (QED) is 0.376. The van der Waals surface area contributed by atoms with Crippen LogP contribution in [0.3, 0.4) is 0 Å². The maximum absolute atomic E-state index is 15.0. The monoisotopic (exact) mass is 545 g/mol. The first-order valence-electron chi connectivity index (χ1n) is 14.0. The topological polar surface area (TPSA) is 79.8 Å². The molecule has 3 aliphatic rings. The van der Waals surface area contributed by atoms with Crippen LogP contribution in [-0.2, 0) is 13.1 Å². The minimum absolute atomic E-state index is 0.222. The van der Waals surface area contributed by atoms with Gasteiger partial charge in [0.25, 0.3) is 11.8 Å². The first-order chi connectivity index (χ1) is 19.1. The molecule has 1 amide bonds. The zero-order valence-electron chi connectivity index (χ0n) is 23.5. The van der Waals surface area contributed by atoms with Gasteiger partial charge in [-0.25, -0.2) is 4.39 Å². The number of alkyl halides is 1. The van der Waals surface area contributed by atoms with Gasteiger partial charge in [-0.15, -0.1) is 5.10 Å². The molecule has 0 unspecified atom stereocenters. The molecular weight excluding hydrogens is 509 g/mol. The smallest absolute Gasteiger partial charge is 0.262 e. The van der Waals surface area contributed by atoms with E-state index in [1.165, 1.54) is 29.9 Å². The highest BCUT2D eigenvalue weighted by Crippen LogP contribution is 2.52. The van der Waals surface area contributed by atoms with Gasteiger partial charge in [0.2, 0.25) is 0 Å². The number of anilines is 1. The van der Waals surface area contributed by atoms with Crippen molar-refractivity contribution in [1.82, 2.24) is 20.4 Å². The predicted octanol–water partition coefficient (Wildman–Crippen LogP) is 5.48. The minimum atomic E-state index is -1.83. The van der Waals surface area contributed by atoms with Crippen molar-refractivity contribution >= 4 is 11.6 Å². The van der Waals surface area contributed by atoms with E-state index in [0.29, 0.717) is 11.6 Å². The Kier molecular flexibility index (Phi) is 6.65. The Balaban J connectivity index is 1.13. The third-order valence-corrected chi connectivity index (χ3v) is 8.15. The van der Waals surface area contributed by atoms with Crippen LogP contribution >= 0.6 is 0 Å². The van der Waals surface area contributed by atoms with Gasteiger partial charge in [-0.1, -0.05) is 24.3 Å². The summed E-state index contributed by atoms with van der Waals surface area (Å²) in [6.07, 6.45) is 3.89. The zero-order chi connectivity index (χ0) is 28.1. The number of carbonyl (C=O) groups excluding carboxylic acids is 1. The number of benzene rings is 2. The fraction of sp³-hybridized carbons (Fsp3) is 0.452. The Morgan fingerprint density at radius 3 is 2.60 bits per heavy atom. The number of halogens is 1. The second-order valence-electron chi connectivity index (χ2n) is 12.0. The summed E-state index contributed by atoms with van der Waals surface area (Å²) < 4.78 is 27.6. The molecule has 2 aromatic carbocycles. The number of para-hydroxylation sites is 1. The summed E-state index contributed by atoms with van der Waals surface area (Å²) in [5.74, 6) is -0.613. The van der Waals surface area contributed by atoms with Crippen LogP contribution in [0.5, 0.6) is 17.4 Å². The van der Waals surface area contributed by atoms with Crippen LogP contribution in [0.1, 0.15) is 62.0 Å². The molecule has 1 aliphatic carbocycles. The molecule has 210 valence electrons. The molecule has 0 atom stereocenters. The second kappa shape index (κ2) is 10.0. The van der Waals surface area contributed by atoms with Crippen LogP contribution in [0.2, 0.25) is 0 Å². The number of nitrogens with one attached hydrogen (secondary N) is 1. The van der Waals surface area contributed by atoms with Gasteiger partial charge >= 0.3 is 0 Å². The van der Waals surface area contributed by atoms with E-state index in [1.54, 1.807) is 44.3 Å². The van der Waals surface area contributed by atoms with E-state index in [1.807, 2.05) is 6.07 Å². The molecule has 0 bridgehead atoms. The van der Waals surface area contributed by atoms with Gasteiger partial charge in [0.05, 0.1) is 11.8 Å². The maximum atomic E-state index is 15.0. The summed E-state index contributed by atoms with van der Waals surface area (Å²) in [4.78, 5) is 16.9. The summed E-state index contributed by atoms with van der Waals surface area (Å²) in [6.45, 7) is 9.88. The Bertz CT molecular complexity index is 1410. The van der Waals surface area contributed by atoms with Crippen LogP contribution in [0.25, 0.3) is 0 Å². The van der Waals surface area contributed by atoms with Crippen LogP contribution in [-0.4, -0.2) is 52.0 Å². The van der Waals surface area contributed by atoms with E-state index in [2.05, 4.69) is 38.6 Å². The lowest BCUT2D eigenvalue weighted by Crippen LogP contribution is -2.65. The fourth-order valence-electron chi connectivity index (χ4n) is 6.45. The summed E-state index contributed by atoms with van der Waals surface area (Å²) in [6, 6.07) is 14.8. The summed E-state index contributed by atoms with van der Waals surface area (Å²) in [5.41, 5.74) is 3.94. The number of nitrogens with zero attached hydrogens (tertiary/aromatic N) is 4. The standard InChI is InChI=1S/C31H36FN5O3/c1-20(2)37(30(3,4)32)29(38)23-9-5-6-10-26(23)40-28-25(12-13-34-35-28)36-18-31(19-36)14-22(15-31)39-27-11-7-8-21-16-33-17-24(21)27/h5-13,20,22,33H,14-19H2,1-4H3. The second-order valence-corrected chi connectivity index (χ2v) is 12.0. The van der Waals surface area contributed by atoms with E-state index < -0.39 is 11.7 Å². The Labute approximate surface area is 234 Å². The maximum Gasteiger partial charge on any atom is 0.262 e. The van der Waals surface area contributed by atoms with Crippen molar-refractivity contribution < 1.29 is 18.7 Å². The van der Waals surface area contributed by atoms with Crippen molar-refractivity contribution in [3.63, 3.8) is 0 Å². The van der Waals surface area contributed by atoms with Crippen LogP contribution in [0.15, 0.2) is 54.7 Å². The molecule has 1 saturated heterocycles. The Morgan fingerprint density at radius 1 is 1.10 bits per heavy atom. The van der Waals surface area contributed by atoms with Crippen molar-refractivity contribution in [3.05, 3.63) is 71.4 Å². The molecule has 1 N–H and O–H groups in total. The van der Waals surface area contributed by atoms with Crippen molar-refractivity contribution in [2.24, 2.45) is 5.41 Å². The average molecular weight is 546 g/mol. The molecular formula is C31H36FN5O3. The molecule has 3 heterocycles. The lowest BCUT2D eigenvalue weighted by Gasteiger charge is -2.59. The fourth-order valence-corrected chi connectivity index (χ4v) is 6.45. The lowest BCUT2D eigenvalue weighted by molar-refractivity contribution is -0.0345. The molecule has 3 aromatic rings. The number of amides is 1. The summed E-state index contributed by atoms with van der Waals surface area (Å²) >= 11 is 0. The number of rotatable bonds is 8. The van der Waals surface area contributed by atoms with Gasteiger partial charge in [0.1, 0.15) is 23.3 Å². The van der Waals surface area contributed by atoms with Gasteiger partial charge in [0.15, 0.2) is 5.79 Å². The van der Waals surface area contributed by atoms with Gasteiger partial charge in [-0.05, 0) is 70.4 Å². The molecule has 2 aliphatic heterocycles. The average Bonchev–Trinajstić information content (AvgIpc) is 3.34. The first-order valence-corrected chi connectivity index (χ1v) is 14.0. The SMILES string of the molecule is CC(C)N(C(=O)c1ccccc1Oc1nnccc1N1CC2(CC(Oc3cccc4c3CNC4)C2)C1)C(C)(C)F. The third-order valence-electron chi connectivity index (χ3n) is 8.15.